The van der Waals surface area contributed by atoms with Crippen LogP contribution < -0.4 is 4.74 Å². The van der Waals surface area contributed by atoms with Crippen LogP contribution in [-0.2, 0) is 9.53 Å². The SMILES string of the molecule is COC(=O)C=Cc1ccc(OCCC(C)CO)cc1. The summed E-state index contributed by atoms with van der Waals surface area (Å²) in [5, 5.41) is 8.89. The molecule has 0 bridgehead atoms. The minimum atomic E-state index is -0.377. The lowest BCUT2D eigenvalue weighted by molar-refractivity contribution is -0.134. The fraction of sp³-hybridized carbons (Fsp3) is 0.400. The molecule has 0 aliphatic heterocycles. The smallest absolute Gasteiger partial charge is 0.330 e. The predicted molar refractivity (Wildman–Crippen MR) is 73.9 cm³/mol. The van der Waals surface area contributed by atoms with E-state index in [9.17, 15) is 4.79 Å². The van der Waals surface area contributed by atoms with Gasteiger partial charge in [0.2, 0.25) is 0 Å². The average Bonchev–Trinajstić information content (AvgIpc) is 2.45. The molecule has 4 nitrogen and oxygen atoms in total. The molecule has 0 fully saturated rings. The lowest BCUT2D eigenvalue weighted by Crippen LogP contribution is -2.07. The van der Waals surface area contributed by atoms with Crippen molar-refractivity contribution in [3.05, 3.63) is 35.9 Å². The molecule has 1 rings (SSSR count). The van der Waals surface area contributed by atoms with Gasteiger partial charge in [-0.15, -0.1) is 0 Å². The molecule has 0 aliphatic rings. The van der Waals surface area contributed by atoms with Crippen LogP contribution in [0.25, 0.3) is 6.08 Å². The van der Waals surface area contributed by atoms with Gasteiger partial charge in [0.1, 0.15) is 5.75 Å². The summed E-state index contributed by atoms with van der Waals surface area (Å²) in [7, 11) is 1.34. The Kier molecular flexibility index (Phi) is 6.68. The molecule has 1 aromatic rings. The highest BCUT2D eigenvalue weighted by molar-refractivity contribution is 5.86. The van der Waals surface area contributed by atoms with E-state index < -0.39 is 0 Å². The Hall–Kier alpha value is -1.81. The summed E-state index contributed by atoms with van der Waals surface area (Å²) < 4.78 is 10.1. The quantitative estimate of drug-likeness (QED) is 0.606. The Bertz CT molecular complexity index is 409. The molecule has 0 amide bonds. The molecule has 0 radical (unpaired) electrons. The number of hydrogen-bond acceptors (Lipinski definition) is 4. The van der Waals surface area contributed by atoms with Crippen LogP contribution in [0.5, 0.6) is 5.75 Å². The van der Waals surface area contributed by atoms with E-state index in [2.05, 4.69) is 4.74 Å². The molecule has 1 atom stereocenters. The molecule has 1 N–H and O–H groups in total. The first-order valence-corrected chi connectivity index (χ1v) is 6.25. The lowest BCUT2D eigenvalue weighted by Gasteiger charge is -2.09. The zero-order valence-corrected chi connectivity index (χ0v) is 11.3. The third kappa shape index (κ3) is 6.06. The van der Waals surface area contributed by atoms with Crippen molar-refractivity contribution >= 4 is 12.0 Å². The summed E-state index contributed by atoms with van der Waals surface area (Å²) in [5.74, 6) is 0.654. The van der Waals surface area contributed by atoms with Gasteiger partial charge in [0, 0.05) is 12.7 Å². The van der Waals surface area contributed by atoms with Gasteiger partial charge >= 0.3 is 5.97 Å². The Labute approximate surface area is 113 Å². The van der Waals surface area contributed by atoms with Gasteiger partial charge in [-0.2, -0.15) is 0 Å². The second-order valence-corrected chi connectivity index (χ2v) is 4.35. The van der Waals surface area contributed by atoms with Crippen molar-refractivity contribution < 1.29 is 19.4 Å². The molecule has 4 heteroatoms. The molecule has 104 valence electrons. The minimum Gasteiger partial charge on any atom is -0.494 e. The number of rotatable bonds is 7. The molecule has 19 heavy (non-hydrogen) atoms. The van der Waals surface area contributed by atoms with Gasteiger partial charge in [-0.25, -0.2) is 4.79 Å². The number of aliphatic hydroxyl groups excluding tert-OH is 1. The predicted octanol–water partition coefficient (Wildman–Crippen LogP) is 2.27. The van der Waals surface area contributed by atoms with E-state index in [0.29, 0.717) is 6.61 Å². The molecule has 1 aromatic carbocycles. The summed E-state index contributed by atoms with van der Waals surface area (Å²) >= 11 is 0. The highest BCUT2D eigenvalue weighted by Crippen LogP contribution is 2.14. The third-order valence-electron chi connectivity index (χ3n) is 2.68. The van der Waals surface area contributed by atoms with Crippen LogP contribution in [0.4, 0.5) is 0 Å². The van der Waals surface area contributed by atoms with Gasteiger partial charge in [-0.05, 0) is 36.1 Å². The van der Waals surface area contributed by atoms with Gasteiger partial charge < -0.3 is 14.6 Å². The van der Waals surface area contributed by atoms with Crippen LogP contribution in [0.2, 0.25) is 0 Å². The molecule has 0 saturated carbocycles. The number of methoxy groups -OCH3 is 1. The summed E-state index contributed by atoms with van der Waals surface area (Å²) in [5.41, 5.74) is 0.904. The molecule has 1 unspecified atom stereocenters. The van der Waals surface area contributed by atoms with Gasteiger partial charge in [-0.3, -0.25) is 0 Å². The lowest BCUT2D eigenvalue weighted by atomic mass is 10.1. The Morgan fingerprint density at radius 2 is 2.05 bits per heavy atom. The van der Waals surface area contributed by atoms with Crippen LogP contribution in [0.1, 0.15) is 18.9 Å². The van der Waals surface area contributed by atoms with Crippen molar-refractivity contribution in [3.63, 3.8) is 0 Å². The van der Waals surface area contributed by atoms with Crippen LogP contribution in [0.3, 0.4) is 0 Å². The van der Waals surface area contributed by atoms with E-state index in [1.54, 1.807) is 6.08 Å². The van der Waals surface area contributed by atoms with E-state index in [-0.39, 0.29) is 18.5 Å². The van der Waals surface area contributed by atoms with E-state index in [1.165, 1.54) is 13.2 Å². The highest BCUT2D eigenvalue weighted by Gasteiger charge is 2.00. The van der Waals surface area contributed by atoms with Crippen LogP contribution in [0, 0.1) is 5.92 Å². The van der Waals surface area contributed by atoms with Crippen molar-refractivity contribution in [2.24, 2.45) is 5.92 Å². The highest BCUT2D eigenvalue weighted by atomic mass is 16.5. The first-order chi connectivity index (χ1) is 9.15. The Morgan fingerprint density at radius 1 is 1.37 bits per heavy atom. The number of carbonyl (C=O) groups is 1. The standard InChI is InChI=1S/C15H20O4/c1-12(11-16)9-10-19-14-6-3-13(4-7-14)5-8-15(17)18-2/h3-8,12,16H,9-11H2,1-2H3. The fourth-order valence-electron chi connectivity index (χ4n) is 1.38. The average molecular weight is 264 g/mol. The van der Waals surface area contributed by atoms with Gasteiger partial charge in [-0.1, -0.05) is 19.1 Å². The molecule has 0 aliphatic carbocycles. The van der Waals surface area contributed by atoms with Gasteiger partial charge in [0.25, 0.3) is 0 Å². The molecule has 0 saturated heterocycles. The van der Waals surface area contributed by atoms with Crippen molar-refractivity contribution in [1.29, 1.82) is 0 Å². The normalized spacial score (nSPS) is 12.4. The zero-order chi connectivity index (χ0) is 14.1. The third-order valence-corrected chi connectivity index (χ3v) is 2.68. The Morgan fingerprint density at radius 3 is 2.63 bits per heavy atom. The van der Waals surface area contributed by atoms with Crippen molar-refractivity contribution in [2.75, 3.05) is 20.3 Å². The number of benzene rings is 1. The zero-order valence-electron chi connectivity index (χ0n) is 11.3. The van der Waals surface area contributed by atoms with E-state index in [4.69, 9.17) is 9.84 Å². The maximum atomic E-state index is 10.9. The van der Waals surface area contributed by atoms with Gasteiger partial charge in [0.05, 0.1) is 13.7 Å². The number of esters is 1. The van der Waals surface area contributed by atoms with E-state index >= 15 is 0 Å². The monoisotopic (exact) mass is 264 g/mol. The maximum absolute atomic E-state index is 10.9. The first-order valence-electron chi connectivity index (χ1n) is 6.25. The topological polar surface area (TPSA) is 55.8 Å². The number of carbonyl (C=O) groups excluding carboxylic acids is 1. The van der Waals surface area contributed by atoms with Gasteiger partial charge in [0.15, 0.2) is 0 Å². The van der Waals surface area contributed by atoms with Crippen molar-refractivity contribution in [2.45, 2.75) is 13.3 Å². The molecule has 0 aromatic heterocycles. The van der Waals surface area contributed by atoms with Crippen LogP contribution in [0.15, 0.2) is 30.3 Å². The Balaban J connectivity index is 2.43. The van der Waals surface area contributed by atoms with Crippen LogP contribution >= 0.6 is 0 Å². The fourth-order valence-corrected chi connectivity index (χ4v) is 1.38. The first kappa shape index (κ1) is 15.2. The van der Waals surface area contributed by atoms with Crippen molar-refractivity contribution in [1.82, 2.24) is 0 Å². The molecular weight excluding hydrogens is 244 g/mol. The van der Waals surface area contributed by atoms with Crippen LogP contribution in [-0.4, -0.2) is 31.4 Å². The number of aliphatic hydroxyl groups is 1. The van der Waals surface area contributed by atoms with E-state index in [0.717, 1.165) is 17.7 Å². The summed E-state index contributed by atoms with van der Waals surface area (Å²) in [4.78, 5) is 10.9. The summed E-state index contributed by atoms with van der Waals surface area (Å²) in [6.07, 6.45) is 3.88. The van der Waals surface area contributed by atoms with E-state index in [1.807, 2.05) is 31.2 Å². The minimum absolute atomic E-state index is 0.181. The molecular formula is C15H20O4. The summed E-state index contributed by atoms with van der Waals surface area (Å²) in [6.45, 7) is 2.74. The summed E-state index contributed by atoms with van der Waals surface area (Å²) in [6, 6.07) is 7.43. The second-order valence-electron chi connectivity index (χ2n) is 4.35. The second kappa shape index (κ2) is 8.32. The molecule has 0 spiro atoms. The number of hydrogen-bond donors (Lipinski definition) is 1. The maximum Gasteiger partial charge on any atom is 0.330 e. The largest absolute Gasteiger partial charge is 0.494 e. The number of ether oxygens (including phenoxy) is 2. The van der Waals surface area contributed by atoms with Crippen molar-refractivity contribution in [3.8, 4) is 5.75 Å². The molecule has 0 heterocycles.